The molecule has 0 spiro atoms. The predicted octanol–water partition coefficient (Wildman–Crippen LogP) is -0.247. The largest absolute Gasteiger partial charge is 0.378 e. The maximum atomic E-state index is 11.4. The van der Waals surface area contributed by atoms with Crippen molar-refractivity contribution >= 4 is 5.95 Å². The second-order valence-electron chi connectivity index (χ2n) is 3.59. The summed E-state index contributed by atoms with van der Waals surface area (Å²) in [6, 6.07) is 1.45. The van der Waals surface area contributed by atoms with Crippen LogP contribution in [0.15, 0.2) is 10.9 Å². The first kappa shape index (κ1) is 11.1. The standard InChI is InChI=1S/C10H15N3O3/c1-15-7-8-6-9(14)12-10(11-8)13-2-4-16-5-3-13/h6H,2-5,7H2,1H3,(H,11,12,14). The molecule has 0 aliphatic carbocycles. The molecule has 1 saturated heterocycles. The number of hydrogen-bond acceptors (Lipinski definition) is 5. The molecule has 0 radical (unpaired) electrons. The molecule has 2 heterocycles. The van der Waals surface area contributed by atoms with Crippen molar-refractivity contribution in [2.24, 2.45) is 0 Å². The number of nitrogens with zero attached hydrogens (tertiary/aromatic N) is 2. The summed E-state index contributed by atoms with van der Waals surface area (Å²) >= 11 is 0. The number of aromatic amines is 1. The van der Waals surface area contributed by atoms with Gasteiger partial charge in [-0.15, -0.1) is 0 Å². The van der Waals surface area contributed by atoms with Crippen molar-refractivity contribution in [1.29, 1.82) is 0 Å². The Hall–Kier alpha value is -1.40. The van der Waals surface area contributed by atoms with Crippen molar-refractivity contribution in [1.82, 2.24) is 9.97 Å². The normalized spacial score (nSPS) is 16.4. The number of methoxy groups -OCH3 is 1. The first-order valence-corrected chi connectivity index (χ1v) is 5.21. The summed E-state index contributed by atoms with van der Waals surface area (Å²) < 4.78 is 10.2. The molecule has 0 atom stereocenters. The molecule has 1 aliphatic rings. The molecule has 0 saturated carbocycles. The van der Waals surface area contributed by atoms with Gasteiger partial charge in [-0.25, -0.2) is 4.98 Å². The monoisotopic (exact) mass is 225 g/mol. The number of rotatable bonds is 3. The zero-order valence-electron chi connectivity index (χ0n) is 9.23. The zero-order valence-corrected chi connectivity index (χ0v) is 9.23. The Morgan fingerprint density at radius 1 is 1.56 bits per heavy atom. The van der Waals surface area contributed by atoms with Gasteiger partial charge in [0.25, 0.3) is 5.56 Å². The summed E-state index contributed by atoms with van der Waals surface area (Å²) in [7, 11) is 1.58. The zero-order chi connectivity index (χ0) is 11.4. The van der Waals surface area contributed by atoms with Crippen molar-refractivity contribution in [2.75, 3.05) is 38.3 Å². The lowest BCUT2D eigenvalue weighted by Crippen LogP contribution is -2.38. The van der Waals surface area contributed by atoms with Gasteiger partial charge in [0.15, 0.2) is 0 Å². The number of morpholine rings is 1. The molecule has 1 aromatic rings. The quantitative estimate of drug-likeness (QED) is 0.768. The number of ether oxygens (including phenoxy) is 2. The number of anilines is 1. The molecule has 6 nitrogen and oxygen atoms in total. The maximum Gasteiger partial charge on any atom is 0.252 e. The average molecular weight is 225 g/mol. The van der Waals surface area contributed by atoms with E-state index in [9.17, 15) is 4.79 Å². The summed E-state index contributed by atoms with van der Waals surface area (Å²) in [5.41, 5.74) is 0.497. The van der Waals surface area contributed by atoms with Gasteiger partial charge < -0.3 is 14.4 Å². The van der Waals surface area contributed by atoms with Gasteiger partial charge in [0.1, 0.15) is 0 Å². The van der Waals surface area contributed by atoms with Crippen LogP contribution < -0.4 is 10.5 Å². The fourth-order valence-corrected chi connectivity index (χ4v) is 1.64. The van der Waals surface area contributed by atoms with E-state index in [1.807, 2.05) is 4.90 Å². The van der Waals surface area contributed by atoms with Gasteiger partial charge in [-0.3, -0.25) is 9.78 Å². The third-order valence-corrected chi connectivity index (χ3v) is 2.39. The fourth-order valence-electron chi connectivity index (χ4n) is 1.64. The highest BCUT2D eigenvalue weighted by Crippen LogP contribution is 2.08. The molecule has 2 rings (SSSR count). The predicted molar refractivity (Wildman–Crippen MR) is 58.6 cm³/mol. The first-order chi connectivity index (χ1) is 7.79. The van der Waals surface area contributed by atoms with Crippen molar-refractivity contribution < 1.29 is 9.47 Å². The van der Waals surface area contributed by atoms with E-state index in [2.05, 4.69) is 9.97 Å². The van der Waals surface area contributed by atoms with Gasteiger partial charge in [-0.2, -0.15) is 0 Å². The van der Waals surface area contributed by atoms with E-state index in [4.69, 9.17) is 9.47 Å². The Morgan fingerprint density at radius 2 is 2.31 bits per heavy atom. The molecule has 88 valence electrons. The number of H-pyrrole nitrogens is 1. The second-order valence-corrected chi connectivity index (χ2v) is 3.59. The van der Waals surface area contributed by atoms with Gasteiger partial charge >= 0.3 is 0 Å². The van der Waals surface area contributed by atoms with Crippen LogP contribution in [0, 0.1) is 0 Å². The van der Waals surface area contributed by atoms with Gasteiger partial charge in [0, 0.05) is 26.3 Å². The van der Waals surface area contributed by atoms with Gasteiger partial charge in [-0.05, 0) is 0 Å². The average Bonchev–Trinajstić information content (AvgIpc) is 2.30. The van der Waals surface area contributed by atoms with Crippen LogP contribution in [0.5, 0.6) is 0 Å². The van der Waals surface area contributed by atoms with Crippen molar-refractivity contribution in [3.63, 3.8) is 0 Å². The van der Waals surface area contributed by atoms with E-state index >= 15 is 0 Å². The molecule has 1 aromatic heterocycles. The van der Waals surface area contributed by atoms with Crippen LogP contribution in [0.1, 0.15) is 5.69 Å². The molecule has 16 heavy (non-hydrogen) atoms. The minimum atomic E-state index is -0.149. The summed E-state index contributed by atoms with van der Waals surface area (Å²) in [6.07, 6.45) is 0. The lowest BCUT2D eigenvalue weighted by Gasteiger charge is -2.27. The molecule has 1 aliphatic heterocycles. The van der Waals surface area contributed by atoms with E-state index in [0.29, 0.717) is 31.5 Å². The third-order valence-electron chi connectivity index (χ3n) is 2.39. The Kier molecular flexibility index (Phi) is 3.53. The van der Waals surface area contributed by atoms with Crippen LogP contribution in [-0.2, 0) is 16.1 Å². The van der Waals surface area contributed by atoms with Gasteiger partial charge in [0.05, 0.1) is 25.5 Å². The highest BCUT2D eigenvalue weighted by molar-refractivity contribution is 5.30. The van der Waals surface area contributed by atoms with Crippen molar-refractivity contribution in [3.05, 3.63) is 22.1 Å². The van der Waals surface area contributed by atoms with Crippen LogP contribution in [0.25, 0.3) is 0 Å². The molecule has 1 fully saturated rings. The third kappa shape index (κ3) is 2.59. The summed E-state index contributed by atoms with van der Waals surface area (Å²) in [6.45, 7) is 3.18. The van der Waals surface area contributed by atoms with Crippen LogP contribution in [-0.4, -0.2) is 43.4 Å². The Balaban J connectivity index is 2.21. The Bertz CT molecular complexity index is 399. The highest BCUT2D eigenvalue weighted by Gasteiger charge is 2.13. The topological polar surface area (TPSA) is 67.5 Å². The van der Waals surface area contributed by atoms with E-state index in [-0.39, 0.29) is 5.56 Å². The number of aromatic nitrogens is 2. The lowest BCUT2D eigenvalue weighted by molar-refractivity contribution is 0.122. The van der Waals surface area contributed by atoms with Crippen LogP contribution in [0.3, 0.4) is 0 Å². The SMILES string of the molecule is COCc1cc(=O)[nH]c(N2CCOCC2)n1. The highest BCUT2D eigenvalue weighted by atomic mass is 16.5. The fraction of sp³-hybridized carbons (Fsp3) is 0.600. The van der Waals surface area contributed by atoms with Crippen LogP contribution in [0.2, 0.25) is 0 Å². The van der Waals surface area contributed by atoms with Crippen LogP contribution >= 0.6 is 0 Å². The Morgan fingerprint density at radius 3 is 3.00 bits per heavy atom. The van der Waals surface area contributed by atoms with E-state index < -0.39 is 0 Å². The molecule has 0 unspecified atom stereocenters. The van der Waals surface area contributed by atoms with E-state index in [0.717, 1.165) is 13.1 Å². The Labute approximate surface area is 93.2 Å². The molecule has 0 aromatic carbocycles. The first-order valence-electron chi connectivity index (χ1n) is 5.21. The second kappa shape index (κ2) is 5.09. The summed E-state index contributed by atoms with van der Waals surface area (Å²) in [5, 5.41) is 0. The van der Waals surface area contributed by atoms with Crippen molar-refractivity contribution in [2.45, 2.75) is 6.61 Å². The summed E-state index contributed by atoms with van der Waals surface area (Å²) in [4.78, 5) is 20.5. The smallest absolute Gasteiger partial charge is 0.252 e. The van der Waals surface area contributed by atoms with Gasteiger partial charge in [0.2, 0.25) is 5.95 Å². The van der Waals surface area contributed by atoms with E-state index in [1.54, 1.807) is 7.11 Å². The van der Waals surface area contributed by atoms with Crippen LogP contribution in [0.4, 0.5) is 5.95 Å². The molecule has 0 amide bonds. The summed E-state index contributed by atoms with van der Waals surface area (Å²) in [5.74, 6) is 0.600. The minimum Gasteiger partial charge on any atom is -0.378 e. The molecule has 1 N–H and O–H groups in total. The number of nitrogens with one attached hydrogen (secondary N) is 1. The van der Waals surface area contributed by atoms with Gasteiger partial charge in [-0.1, -0.05) is 0 Å². The molecular weight excluding hydrogens is 210 g/mol. The molecular formula is C10H15N3O3. The minimum absolute atomic E-state index is 0.149. The lowest BCUT2D eigenvalue weighted by atomic mass is 10.4. The van der Waals surface area contributed by atoms with Crippen molar-refractivity contribution in [3.8, 4) is 0 Å². The van der Waals surface area contributed by atoms with E-state index in [1.165, 1.54) is 6.07 Å². The molecule has 6 heteroatoms. The molecule has 0 bridgehead atoms. The maximum absolute atomic E-state index is 11.4. The number of hydrogen-bond donors (Lipinski definition) is 1.